The largest absolute Gasteiger partial charge is 0.444 e. The van der Waals surface area contributed by atoms with Gasteiger partial charge in [0.05, 0.1) is 18.4 Å². The Morgan fingerprint density at radius 2 is 1.92 bits per heavy atom. The molecule has 3 rings (SSSR count). The Morgan fingerprint density at radius 1 is 1.24 bits per heavy atom. The van der Waals surface area contributed by atoms with Gasteiger partial charge < -0.3 is 19.9 Å². The highest BCUT2D eigenvalue weighted by molar-refractivity contribution is 6.27. The summed E-state index contributed by atoms with van der Waals surface area (Å²) < 4.78 is 20.1. The molecule has 38 heavy (non-hydrogen) atoms. The summed E-state index contributed by atoms with van der Waals surface area (Å²) in [5.41, 5.74) is -1.09. The van der Waals surface area contributed by atoms with Crippen molar-refractivity contribution >= 4 is 29.5 Å². The number of carbonyl (C=O) groups is 3. The lowest BCUT2D eigenvalue weighted by Gasteiger charge is -2.47. The van der Waals surface area contributed by atoms with Crippen LogP contribution in [-0.4, -0.2) is 79.1 Å². The fourth-order valence-corrected chi connectivity index (χ4v) is 4.65. The molecular weight excluding hydrogens is 515 g/mol. The van der Waals surface area contributed by atoms with E-state index in [1.807, 2.05) is 13.8 Å². The van der Waals surface area contributed by atoms with Gasteiger partial charge in [0.25, 0.3) is 0 Å². The number of ether oxygens (including phenoxy) is 1. The summed E-state index contributed by atoms with van der Waals surface area (Å²) in [6.07, 6.45) is 4.58. The molecular formula is C26H36ClFN6O4. The molecule has 1 aliphatic rings. The lowest BCUT2D eigenvalue weighted by molar-refractivity contribution is -0.150. The van der Waals surface area contributed by atoms with Crippen molar-refractivity contribution in [1.29, 1.82) is 0 Å². The Morgan fingerprint density at radius 3 is 2.42 bits per heavy atom. The van der Waals surface area contributed by atoms with Gasteiger partial charge >= 0.3 is 6.09 Å². The number of alkyl halides is 1. The van der Waals surface area contributed by atoms with Gasteiger partial charge in [-0.1, -0.05) is 13.0 Å². The number of hydrogen-bond acceptors (Lipinski definition) is 6. The van der Waals surface area contributed by atoms with Gasteiger partial charge in [-0.2, -0.15) is 5.10 Å². The minimum absolute atomic E-state index is 0.246. The van der Waals surface area contributed by atoms with E-state index in [0.717, 1.165) is 11.8 Å². The van der Waals surface area contributed by atoms with Crippen LogP contribution in [0.15, 0.2) is 30.7 Å². The minimum Gasteiger partial charge on any atom is -0.444 e. The van der Waals surface area contributed by atoms with Crippen molar-refractivity contribution in [2.45, 2.75) is 71.1 Å². The number of nitrogens with one attached hydrogen (secondary N) is 1. The fraction of sp³-hybridized carbons (Fsp3) is 0.577. The number of pyridine rings is 1. The van der Waals surface area contributed by atoms with Gasteiger partial charge in [-0.05, 0) is 58.6 Å². The standard InChI is InChI=1S/C26H36ClFN6O4/c1-6-11-33(22(35)14-27)26(9-12-32(13-10-26)24(37)38-25(3,4)5)23(36)31-18(2)19-7-8-21(29-15-19)34-17-20(28)16-30-34/h7-8,15-18H,6,9-14H2,1-5H3,(H,31,36). The smallest absolute Gasteiger partial charge is 0.410 e. The maximum absolute atomic E-state index is 13.9. The van der Waals surface area contributed by atoms with E-state index in [4.69, 9.17) is 16.3 Å². The van der Waals surface area contributed by atoms with E-state index < -0.39 is 29.1 Å². The highest BCUT2D eigenvalue weighted by atomic mass is 35.5. The summed E-state index contributed by atoms with van der Waals surface area (Å²) in [6, 6.07) is 3.02. The van der Waals surface area contributed by atoms with Gasteiger partial charge in [0.1, 0.15) is 17.0 Å². The second kappa shape index (κ2) is 12.1. The quantitative estimate of drug-likeness (QED) is 0.500. The molecule has 10 nitrogen and oxygen atoms in total. The first-order chi connectivity index (χ1) is 17.9. The molecule has 208 valence electrons. The molecule has 0 aliphatic carbocycles. The number of amides is 3. The van der Waals surface area contributed by atoms with Crippen molar-refractivity contribution in [3.05, 3.63) is 42.1 Å². The van der Waals surface area contributed by atoms with Crippen LogP contribution in [-0.2, 0) is 14.3 Å². The van der Waals surface area contributed by atoms with Crippen molar-refractivity contribution in [3.8, 4) is 5.82 Å². The molecule has 1 saturated heterocycles. The Bertz CT molecular complexity index is 1130. The molecule has 1 aliphatic heterocycles. The topological polar surface area (TPSA) is 110 Å². The van der Waals surface area contributed by atoms with E-state index in [9.17, 15) is 18.8 Å². The summed E-state index contributed by atoms with van der Waals surface area (Å²) in [7, 11) is 0. The average molecular weight is 551 g/mol. The molecule has 0 saturated carbocycles. The van der Waals surface area contributed by atoms with Crippen LogP contribution in [0.3, 0.4) is 0 Å². The van der Waals surface area contributed by atoms with Crippen molar-refractivity contribution in [2.24, 2.45) is 0 Å². The van der Waals surface area contributed by atoms with Crippen LogP contribution < -0.4 is 5.32 Å². The van der Waals surface area contributed by atoms with Crippen LogP contribution in [0, 0.1) is 5.82 Å². The van der Waals surface area contributed by atoms with E-state index in [0.29, 0.717) is 18.8 Å². The lowest BCUT2D eigenvalue weighted by Crippen LogP contribution is -2.65. The fourth-order valence-electron chi connectivity index (χ4n) is 4.51. The summed E-state index contributed by atoms with van der Waals surface area (Å²) >= 11 is 5.94. The van der Waals surface area contributed by atoms with Crippen LogP contribution in [0.4, 0.5) is 9.18 Å². The summed E-state index contributed by atoms with van der Waals surface area (Å²) in [5, 5.41) is 6.94. The number of nitrogens with zero attached hydrogens (tertiary/aromatic N) is 5. The molecule has 1 unspecified atom stereocenters. The Kier molecular flexibility index (Phi) is 9.35. The maximum Gasteiger partial charge on any atom is 0.410 e. The number of carbonyl (C=O) groups excluding carboxylic acids is 3. The van der Waals surface area contributed by atoms with E-state index in [1.165, 1.54) is 10.9 Å². The van der Waals surface area contributed by atoms with Crippen molar-refractivity contribution < 1.29 is 23.5 Å². The highest BCUT2D eigenvalue weighted by Gasteiger charge is 2.49. The second-order valence-electron chi connectivity index (χ2n) is 10.4. The van der Waals surface area contributed by atoms with Gasteiger partial charge in [-0.15, -0.1) is 11.6 Å². The van der Waals surface area contributed by atoms with Crippen LogP contribution in [0.1, 0.15) is 65.5 Å². The Hall–Kier alpha value is -3.21. The number of likely N-dealkylation sites (tertiary alicyclic amines) is 1. The average Bonchev–Trinajstić information content (AvgIpc) is 3.32. The number of hydrogen-bond donors (Lipinski definition) is 1. The third-order valence-corrected chi connectivity index (χ3v) is 6.68. The first-order valence-electron chi connectivity index (χ1n) is 12.7. The van der Waals surface area contributed by atoms with Gasteiger partial charge in [0, 0.05) is 25.8 Å². The Labute approximate surface area is 227 Å². The molecule has 12 heteroatoms. The third kappa shape index (κ3) is 6.80. The molecule has 2 aromatic heterocycles. The van der Waals surface area contributed by atoms with Crippen molar-refractivity contribution in [3.63, 3.8) is 0 Å². The van der Waals surface area contributed by atoms with Crippen LogP contribution in [0.25, 0.3) is 5.82 Å². The zero-order chi connectivity index (χ0) is 28.1. The van der Waals surface area contributed by atoms with Crippen LogP contribution >= 0.6 is 11.6 Å². The van der Waals surface area contributed by atoms with E-state index in [-0.39, 0.29) is 43.6 Å². The third-order valence-electron chi connectivity index (χ3n) is 6.45. The molecule has 3 amide bonds. The minimum atomic E-state index is -1.17. The van der Waals surface area contributed by atoms with E-state index >= 15 is 0 Å². The van der Waals surface area contributed by atoms with Gasteiger partial charge in [-0.25, -0.2) is 18.9 Å². The van der Waals surface area contributed by atoms with Crippen molar-refractivity contribution in [2.75, 3.05) is 25.5 Å². The summed E-state index contributed by atoms with van der Waals surface area (Å²) in [5.74, 6) is -0.940. The van der Waals surface area contributed by atoms with Crippen molar-refractivity contribution in [1.82, 2.24) is 29.9 Å². The zero-order valence-electron chi connectivity index (χ0n) is 22.5. The first-order valence-corrected chi connectivity index (χ1v) is 13.3. The summed E-state index contributed by atoms with van der Waals surface area (Å²) in [4.78, 5) is 46.9. The molecule has 0 aromatic carbocycles. The Balaban J connectivity index is 1.80. The first kappa shape index (κ1) is 29.3. The molecule has 3 heterocycles. The molecule has 0 radical (unpaired) electrons. The molecule has 0 bridgehead atoms. The lowest BCUT2D eigenvalue weighted by atomic mass is 9.83. The zero-order valence-corrected chi connectivity index (χ0v) is 23.3. The number of piperidine rings is 1. The van der Waals surface area contributed by atoms with E-state index in [1.54, 1.807) is 48.9 Å². The molecule has 0 spiro atoms. The van der Waals surface area contributed by atoms with Crippen LogP contribution in [0.5, 0.6) is 0 Å². The van der Waals surface area contributed by atoms with E-state index in [2.05, 4.69) is 15.4 Å². The number of halogens is 2. The SMILES string of the molecule is CCCN(C(=O)CCl)C1(C(=O)NC(C)c2ccc(-n3cc(F)cn3)nc2)CCN(C(=O)OC(C)(C)C)CC1. The predicted molar refractivity (Wildman–Crippen MR) is 140 cm³/mol. The normalized spacial score (nSPS) is 16.0. The molecule has 1 N–H and O–H groups in total. The molecule has 1 fully saturated rings. The summed E-state index contributed by atoms with van der Waals surface area (Å²) in [6.45, 7) is 10.00. The highest BCUT2D eigenvalue weighted by Crippen LogP contribution is 2.32. The predicted octanol–water partition coefficient (Wildman–Crippen LogP) is 3.83. The molecule has 1 atom stereocenters. The molecule has 2 aromatic rings. The van der Waals surface area contributed by atoms with Gasteiger partial charge in [0.15, 0.2) is 11.6 Å². The van der Waals surface area contributed by atoms with Crippen LogP contribution in [0.2, 0.25) is 0 Å². The van der Waals surface area contributed by atoms with Gasteiger partial charge in [0.2, 0.25) is 11.8 Å². The maximum atomic E-state index is 13.9. The van der Waals surface area contributed by atoms with Gasteiger partial charge in [-0.3, -0.25) is 9.59 Å². The second-order valence-corrected chi connectivity index (χ2v) is 10.7. The monoisotopic (exact) mass is 550 g/mol. The number of rotatable bonds is 8. The number of aromatic nitrogens is 3.